The molecule has 2 aliphatic rings. The Balaban J connectivity index is 1.80. The molecule has 0 saturated heterocycles. The van der Waals surface area contributed by atoms with Crippen LogP contribution in [0.1, 0.15) is 42.8 Å². The molecular formula is C15H23N3O. The Morgan fingerprint density at radius 2 is 1.95 bits per heavy atom. The van der Waals surface area contributed by atoms with Crippen molar-refractivity contribution in [1.29, 1.82) is 0 Å². The van der Waals surface area contributed by atoms with E-state index in [1.54, 1.807) is 0 Å². The van der Waals surface area contributed by atoms with Gasteiger partial charge in [0.25, 0.3) is 0 Å². The number of nitrogens with zero attached hydrogens (tertiary/aromatic N) is 3. The van der Waals surface area contributed by atoms with Crippen molar-refractivity contribution in [3.05, 3.63) is 17.1 Å². The van der Waals surface area contributed by atoms with Gasteiger partial charge in [0.15, 0.2) is 0 Å². The molecule has 1 aromatic rings. The van der Waals surface area contributed by atoms with Gasteiger partial charge in [0.05, 0.1) is 6.10 Å². The molecule has 1 fully saturated rings. The lowest BCUT2D eigenvalue weighted by Crippen LogP contribution is -2.38. The summed E-state index contributed by atoms with van der Waals surface area (Å²) in [6, 6.07) is 0. The van der Waals surface area contributed by atoms with Crippen LogP contribution in [0, 0.1) is 12.8 Å². The largest absolute Gasteiger partial charge is 0.393 e. The van der Waals surface area contributed by atoms with E-state index >= 15 is 0 Å². The van der Waals surface area contributed by atoms with E-state index in [0.717, 1.165) is 43.9 Å². The summed E-state index contributed by atoms with van der Waals surface area (Å²) >= 11 is 0. The van der Waals surface area contributed by atoms with Crippen molar-refractivity contribution < 1.29 is 5.11 Å². The third kappa shape index (κ3) is 2.59. The molecule has 19 heavy (non-hydrogen) atoms. The van der Waals surface area contributed by atoms with Gasteiger partial charge in [-0.1, -0.05) is 0 Å². The maximum absolute atomic E-state index is 9.39. The zero-order chi connectivity index (χ0) is 13.4. The first kappa shape index (κ1) is 12.9. The van der Waals surface area contributed by atoms with E-state index in [1.165, 1.54) is 24.1 Å². The van der Waals surface area contributed by atoms with Crippen molar-refractivity contribution in [2.75, 3.05) is 18.5 Å². The molecule has 1 saturated carbocycles. The highest BCUT2D eigenvalue weighted by Gasteiger charge is 2.29. The molecule has 4 heteroatoms. The first-order chi connectivity index (χ1) is 9.13. The molecule has 1 heterocycles. The molecule has 1 aromatic heterocycles. The first-order valence-electron chi connectivity index (χ1n) is 7.39. The number of hydrogen-bond donors (Lipinski definition) is 1. The van der Waals surface area contributed by atoms with E-state index in [4.69, 9.17) is 0 Å². The summed E-state index contributed by atoms with van der Waals surface area (Å²) in [5.41, 5.74) is 2.62. The summed E-state index contributed by atoms with van der Waals surface area (Å²) < 4.78 is 0. The van der Waals surface area contributed by atoms with Crippen LogP contribution in [-0.2, 0) is 12.8 Å². The molecule has 0 spiro atoms. The lowest BCUT2D eigenvalue weighted by atomic mass is 9.82. The molecule has 0 unspecified atom stereocenters. The van der Waals surface area contributed by atoms with Gasteiger partial charge in [0.2, 0.25) is 0 Å². The summed E-state index contributed by atoms with van der Waals surface area (Å²) in [6.07, 6.45) is 6.53. The van der Waals surface area contributed by atoms with Crippen LogP contribution in [0.3, 0.4) is 0 Å². The van der Waals surface area contributed by atoms with Gasteiger partial charge in [0.1, 0.15) is 11.6 Å². The van der Waals surface area contributed by atoms with Crippen molar-refractivity contribution >= 4 is 5.82 Å². The van der Waals surface area contributed by atoms with Gasteiger partial charge in [-0.3, -0.25) is 0 Å². The minimum atomic E-state index is -0.0700. The van der Waals surface area contributed by atoms with Gasteiger partial charge < -0.3 is 10.0 Å². The molecular weight excluding hydrogens is 238 g/mol. The Morgan fingerprint density at radius 1 is 1.21 bits per heavy atom. The predicted octanol–water partition coefficient (Wildman–Crippen LogP) is 1.87. The van der Waals surface area contributed by atoms with Gasteiger partial charge in [-0.2, -0.15) is 0 Å². The van der Waals surface area contributed by atoms with E-state index in [0.29, 0.717) is 5.92 Å². The molecule has 4 nitrogen and oxygen atoms in total. The molecule has 1 N–H and O–H groups in total. The predicted molar refractivity (Wildman–Crippen MR) is 75.4 cm³/mol. The second-order valence-electron chi connectivity index (χ2n) is 6.10. The number of fused-ring (bicyclic) bond motifs is 1. The summed E-state index contributed by atoms with van der Waals surface area (Å²) in [5.74, 6) is 2.63. The average Bonchev–Trinajstić information content (AvgIpc) is 2.35. The maximum Gasteiger partial charge on any atom is 0.135 e. The second kappa shape index (κ2) is 5.08. The highest BCUT2D eigenvalue weighted by Crippen LogP contribution is 2.31. The molecule has 3 rings (SSSR count). The van der Waals surface area contributed by atoms with Crippen molar-refractivity contribution in [3.63, 3.8) is 0 Å². The van der Waals surface area contributed by atoms with Gasteiger partial charge in [0, 0.05) is 24.8 Å². The minimum absolute atomic E-state index is 0.0700. The van der Waals surface area contributed by atoms with Crippen molar-refractivity contribution in [2.45, 2.75) is 51.6 Å². The van der Waals surface area contributed by atoms with Crippen LogP contribution in [0.5, 0.6) is 0 Å². The van der Waals surface area contributed by atoms with Crippen LogP contribution in [-0.4, -0.2) is 34.8 Å². The third-order valence-corrected chi connectivity index (χ3v) is 4.38. The molecule has 0 radical (unpaired) electrons. The van der Waals surface area contributed by atoms with Gasteiger partial charge in [-0.15, -0.1) is 0 Å². The van der Waals surface area contributed by atoms with Crippen LogP contribution in [0.4, 0.5) is 5.82 Å². The van der Waals surface area contributed by atoms with E-state index in [1.807, 2.05) is 6.92 Å². The van der Waals surface area contributed by atoms with Crippen LogP contribution < -0.4 is 4.90 Å². The van der Waals surface area contributed by atoms with E-state index in [-0.39, 0.29) is 6.10 Å². The summed E-state index contributed by atoms with van der Waals surface area (Å²) in [7, 11) is 2.13. The normalized spacial score (nSPS) is 25.6. The molecule has 0 amide bonds. The Labute approximate surface area is 114 Å². The highest BCUT2D eigenvalue weighted by molar-refractivity contribution is 5.49. The number of aryl methyl sites for hydroxylation is 2. The molecule has 0 atom stereocenters. The minimum Gasteiger partial charge on any atom is -0.393 e. The Morgan fingerprint density at radius 3 is 2.68 bits per heavy atom. The summed E-state index contributed by atoms with van der Waals surface area (Å²) in [6.45, 7) is 2.99. The average molecular weight is 261 g/mol. The smallest absolute Gasteiger partial charge is 0.135 e. The zero-order valence-electron chi connectivity index (χ0n) is 11.9. The van der Waals surface area contributed by atoms with E-state index in [9.17, 15) is 5.11 Å². The fourth-order valence-corrected chi connectivity index (χ4v) is 3.33. The second-order valence-corrected chi connectivity index (χ2v) is 6.10. The number of rotatable bonds is 3. The molecule has 0 bridgehead atoms. The lowest BCUT2D eigenvalue weighted by Gasteiger charge is -2.35. The third-order valence-electron chi connectivity index (χ3n) is 4.38. The number of aromatic nitrogens is 2. The Bertz CT molecular complexity index is 469. The first-order valence-corrected chi connectivity index (χ1v) is 7.39. The van der Waals surface area contributed by atoms with E-state index in [2.05, 4.69) is 21.9 Å². The fourth-order valence-electron chi connectivity index (χ4n) is 3.33. The van der Waals surface area contributed by atoms with Gasteiger partial charge in [-0.25, -0.2) is 9.97 Å². The number of aliphatic hydroxyl groups excluding tert-OH is 1. The lowest BCUT2D eigenvalue weighted by molar-refractivity contribution is 0.0464. The number of aliphatic hydroxyl groups is 1. The van der Waals surface area contributed by atoms with Gasteiger partial charge >= 0.3 is 0 Å². The van der Waals surface area contributed by atoms with Crippen LogP contribution in [0.25, 0.3) is 0 Å². The molecule has 104 valence electrons. The highest BCUT2D eigenvalue weighted by atomic mass is 16.3. The van der Waals surface area contributed by atoms with E-state index < -0.39 is 0 Å². The Hall–Kier alpha value is -1.16. The molecule has 2 aliphatic carbocycles. The zero-order valence-corrected chi connectivity index (χ0v) is 11.9. The van der Waals surface area contributed by atoms with Gasteiger partial charge in [-0.05, 0) is 51.4 Å². The molecule has 0 aliphatic heterocycles. The van der Waals surface area contributed by atoms with Crippen molar-refractivity contribution in [2.24, 2.45) is 5.92 Å². The Kier molecular flexibility index (Phi) is 3.44. The number of hydrogen-bond acceptors (Lipinski definition) is 4. The standard InChI is InChI=1S/C15H23N3O/c1-10-16-14-6-4-3-5-13(14)15(17-10)18(2)9-11-7-12(19)8-11/h11-12,19H,3-9H2,1-2H3. The number of anilines is 1. The monoisotopic (exact) mass is 261 g/mol. The van der Waals surface area contributed by atoms with Crippen LogP contribution in [0.15, 0.2) is 0 Å². The quantitative estimate of drug-likeness (QED) is 0.902. The topological polar surface area (TPSA) is 49.2 Å². The van der Waals surface area contributed by atoms with Crippen LogP contribution >= 0.6 is 0 Å². The van der Waals surface area contributed by atoms with Crippen LogP contribution in [0.2, 0.25) is 0 Å². The summed E-state index contributed by atoms with van der Waals surface area (Å²) in [5, 5.41) is 9.39. The van der Waals surface area contributed by atoms with Crippen molar-refractivity contribution in [1.82, 2.24) is 9.97 Å². The molecule has 0 aromatic carbocycles. The SMILES string of the molecule is Cc1nc2c(c(N(C)CC3CC(O)C3)n1)CCCC2. The summed E-state index contributed by atoms with van der Waals surface area (Å²) in [4.78, 5) is 11.5. The maximum atomic E-state index is 9.39. The fraction of sp³-hybridized carbons (Fsp3) is 0.733. The van der Waals surface area contributed by atoms with Crippen molar-refractivity contribution in [3.8, 4) is 0 Å².